The molecule has 2 N–H and O–H groups in total. The fourth-order valence-corrected chi connectivity index (χ4v) is 3.28. The molecule has 0 spiro atoms. The number of anilines is 1. The number of amides is 1. The number of benzene rings is 1. The maximum absolute atomic E-state index is 12.6. The lowest BCUT2D eigenvalue weighted by Crippen LogP contribution is -2.44. The Morgan fingerprint density at radius 1 is 1.35 bits per heavy atom. The first kappa shape index (κ1) is 14.8. The summed E-state index contributed by atoms with van der Waals surface area (Å²) in [4.78, 5) is 14.5. The third-order valence-electron chi connectivity index (χ3n) is 3.41. The summed E-state index contributed by atoms with van der Waals surface area (Å²) in [5.74, 6) is 2.92. The van der Waals surface area contributed by atoms with E-state index in [9.17, 15) is 4.79 Å². The number of carbonyl (C=O) groups excluding carboxylic acids is 1. The zero-order chi connectivity index (χ0) is 14.7. The lowest BCUT2D eigenvalue weighted by molar-refractivity contribution is 0.0716. The second-order valence-electron chi connectivity index (χ2n) is 4.72. The fourth-order valence-electron chi connectivity index (χ4n) is 2.26. The fraction of sp³-hybridized carbons (Fsp3) is 0.500. The lowest BCUT2D eigenvalue weighted by Gasteiger charge is -2.33. The van der Waals surface area contributed by atoms with Gasteiger partial charge in [-0.1, -0.05) is 0 Å². The van der Waals surface area contributed by atoms with Gasteiger partial charge < -0.3 is 20.1 Å². The smallest absolute Gasteiger partial charge is 0.256 e. The van der Waals surface area contributed by atoms with Crippen LogP contribution in [0.25, 0.3) is 0 Å². The molecular formula is C14H20N2O3S. The molecule has 0 radical (unpaired) electrons. The number of nitrogens with zero attached hydrogens (tertiary/aromatic N) is 1. The van der Waals surface area contributed by atoms with Gasteiger partial charge in [0.05, 0.1) is 19.8 Å². The second kappa shape index (κ2) is 6.26. The zero-order valence-electron chi connectivity index (χ0n) is 12.0. The normalized spacial score (nSPS) is 18.8. The number of nitrogen functional groups attached to an aromatic ring is 1. The molecule has 1 unspecified atom stereocenters. The Morgan fingerprint density at radius 2 is 2.00 bits per heavy atom. The minimum absolute atomic E-state index is 0.0451. The van der Waals surface area contributed by atoms with Crippen LogP contribution in [0, 0.1) is 0 Å². The van der Waals surface area contributed by atoms with Crippen LogP contribution in [-0.4, -0.2) is 49.1 Å². The molecule has 110 valence electrons. The predicted molar refractivity (Wildman–Crippen MR) is 81.8 cm³/mol. The van der Waals surface area contributed by atoms with Gasteiger partial charge in [0, 0.05) is 35.8 Å². The maximum atomic E-state index is 12.6. The van der Waals surface area contributed by atoms with Gasteiger partial charge in [-0.05, 0) is 13.0 Å². The molecule has 1 fully saturated rings. The molecule has 1 aliphatic heterocycles. The first-order chi connectivity index (χ1) is 9.58. The van der Waals surface area contributed by atoms with Crippen LogP contribution < -0.4 is 15.2 Å². The summed E-state index contributed by atoms with van der Waals surface area (Å²) in [6.07, 6.45) is 0. The van der Waals surface area contributed by atoms with E-state index in [4.69, 9.17) is 15.2 Å². The van der Waals surface area contributed by atoms with Crippen LogP contribution in [0.2, 0.25) is 0 Å². The first-order valence-corrected chi connectivity index (χ1v) is 7.64. The minimum atomic E-state index is -0.0451. The average Bonchev–Trinajstić information content (AvgIpc) is 2.46. The summed E-state index contributed by atoms with van der Waals surface area (Å²) >= 11 is 1.87. The summed E-state index contributed by atoms with van der Waals surface area (Å²) in [7, 11) is 3.09. The van der Waals surface area contributed by atoms with Gasteiger partial charge in [-0.15, -0.1) is 0 Å². The zero-order valence-corrected chi connectivity index (χ0v) is 12.8. The first-order valence-electron chi connectivity index (χ1n) is 6.48. The summed E-state index contributed by atoms with van der Waals surface area (Å²) in [5.41, 5.74) is 6.87. The van der Waals surface area contributed by atoms with Crippen LogP contribution in [0.3, 0.4) is 0 Å². The van der Waals surface area contributed by atoms with Crippen LogP contribution in [0.4, 0.5) is 5.69 Å². The van der Waals surface area contributed by atoms with Crippen LogP contribution in [0.1, 0.15) is 17.3 Å². The van der Waals surface area contributed by atoms with Crippen LogP contribution in [0.15, 0.2) is 12.1 Å². The minimum Gasteiger partial charge on any atom is -0.493 e. The largest absolute Gasteiger partial charge is 0.493 e. The van der Waals surface area contributed by atoms with E-state index in [1.54, 1.807) is 26.4 Å². The van der Waals surface area contributed by atoms with Gasteiger partial charge >= 0.3 is 0 Å². The lowest BCUT2D eigenvalue weighted by atomic mass is 10.1. The molecule has 5 nitrogen and oxygen atoms in total. The van der Waals surface area contributed by atoms with E-state index in [-0.39, 0.29) is 11.9 Å². The summed E-state index contributed by atoms with van der Waals surface area (Å²) in [6, 6.07) is 3.51. The Kier molecular flexibility index (Phi) is 4.65. The molecule has 1 saturated heterocycles. The highest BCUT2D eigenvalue weighted by molar-refractivity contribution is 7.99. The number of thioether (sulfide) groups is 1. The molecule has 1 atom stereocenters. The number of nitrogens with two attached hydrogens (primary N) is 1. The number of carbonyl (C=O) groups is 1. The Hall–Kier alpha value is -1.56. The van der Waals surface area contributed by atoms with E-state index in [2.05, 4.69) is 6.92 Å². The Morgan fingerprint density at radius 3 is 2.60 bits per heavy atom. The Balaban J connectivity index is 2.34. The van der Waals surface area contributed by atoms with Crippen LogP contribution >= 0.6 is 11.8 Å². The number of hydrogen-bond acceptors (Lipinski definition) is 5. The van der Waals surface area contributed by atoms with Gasteiger partial charge in [0.25, 0.3) is 5.91 Å². The van der Waals surface area contributed by atoms with Crippen molar-refractivity contribution in [2.45, 2.75) is 13.0 Å². The van der Waals surface area contributed by atoms with Crippen molar-refractivity contribution in [1.82, 2.24) is 4.90 Å². The monoisotopic (exact) mass is 296 g/mol. The van der Waals surface area contributed by atoms with Gasteiger partial charge in [-0.2, -0.15) is 11.8 Å². The second-order valence-corrected chi connectivity index (χ2v) is 5.87. The van der Waals surface area contributed by atoms with Crippen molar-refractivity contribution in [3.8, 4) is 11.5 Å². The summed E-state index contributed by atoms with van der Waals surface area (Å²) in [5, 5.41) is 0. The van der Waals surface area contributed by atoms with Crippen LogP contribution in [0.5, 0.6) is 11.5 Å². The molecule has 2 rings (SSSR count). The van der Waals surface area contributed by atoms with E-state index in [1.807, 2.05) is 16.7 Å². The van der Waals surface area contributed by atoms with E-state index in [0.29, 0.717) is 22.7 Å². The van der Waals surface area contributed by atoms with Gasteiger partial charge in [-0.3, -0.25) is 4.79 Å². The third-order valence-corrected chi connectivity index (χ3v) is 4.60. The quantitative estimate of drug-likeness (QED) is 0.863. The highest BCUT2D eigenvalue weighted by Gasteiger charge is 2.26. The van der Waals surface area contributed by atoms with Crippen molar-refractivity contribution in [3.63, 3.8) is 0 Å². The molecule has 0 bridgehead atoms. The molecule has 1 amide bonds. The third kappa shape index (κ3) is 2.80. The summed E-state index contributed by atoms with van der Waals surface area (Å²) in [6.45, 7) is 2.81. The van der Waals surface area contributed by atoms with Crippen molar-refractivity contribution < 1.29 is 14.3 Å². The van der Waals surface area contributed by atoms with Gasteiger partial charge in [0.15, 0.2) is 11.5 Å². The highest BCUT2D eigenvalue weighted by atomic mass is 32.2. The average molecular weight is 296 g/mol. The van der Waals surface area contributed by atoms with Crippen molar-refractivity contribution in [2.24, 2.45) is 0 Å². The Bertz CT molecular complexity index is 507. The number of ether oxygens (including phenoxy) is 2. The van der Waals surface area contributed by atoms with Gasteiger partial charge in [0.1, 0.15) is 0 Å². The molecule has 1 aromatic carbocycles. The van der Waals surface area contributed by atoms with E-state index in [1.165, 1.54) is 0 Å². The van der Waals surface area contributed by atoms with Crippen molar-refractivity contribution in [2.75, 3.05) is 38.0 Å². The maximum Gasteiger partial charge on any atom is 0.256 e. The van der Waals surface area contributed by atoms with E-state index >= 15 is 0 Å². The Labute approximate surface area is 123 Å². The highest BCUT2D eigenvalue weighted by Crippen LogP contribution is 2.33. The van der Waals surface area contributed by atoms with E-state index in [0.717, 1.165) is 18.1 Å². The SMILES string of the molecule is COc1cc(N)c(C(=O)N2CCSCC2C)cc1OC. The van der Waals surface area contributed by atoms with Crippen molar-refractivity contribution in [3.05, 3.63) is 17.7 Å². The topological polar surface area (TPSA) is 64.8 Å². The summed E-state index contributed by atoms with van der Waals surface area (Å²) < 4.78 is 10.4. The molecule has 20 heavy (non-hydrogen) atoms. The molecule has 0 saturated carbocycles. The number of rotatable bonds is 3. The molecule has 0 aliphatic carbocycles. The van der Waals surface area contributed by atoms with E-state index < -0.39 is 0 Å². The molecule has 1 aromatic rings. The molecule has 1 aliphatic rings. The van der Waals surface area contributed by atoms with Crippen molar-refractivity contribution in [1.29, 1.82) is 0 Å². The van der Waals surface area contributed by atoms with Gasteiger partial charge in [-0.25, -0.2) is 0 Å². The van der Waals surface area contributed by atoms with Gasteiger partial charge in [0.2, 0.25) is 0 Å². The number of hydrogen-bond donors (Lipinski definition) is 1. The van der Waals surface area contributed by atoms with Crippen molar-refractivity contribution >= 4 is 23.4 Å². The standard InChI is InChI=1S/C14H20N2O3S/c1-9-8-20-5-4-16(9)14(17)10-6-12(18-2)13(19-3)7-11(10)15/h6-7,9H,4-5,8,15H2,1-3H3. The predicted octanol–water partition coefficient (Wildman–Crippen LogP) is 1.86. The molecular weight excluding hydrogens is 276 g/mol. The molecule has 6 heteroatoms. The molecule has 1 heterocycles. The van der Waals surface area contributed by atoms with Crippen LogP contribution in [-0.2, 0) is 0 Å². The molecule has 0 aromatic heterocycles. The number of methoxy groups -OCH3 is 2.